The van der Waals surface area contributed by atoms with Gasteiger partial charge < -0.3 is 10.2 Å². The summed E-state index contributed by atoms with van der Waals surface area (Å²) in [5.74, 6) is 1.06. The van der Waals surface area contributed by atoms with E-state index in [0.29, 0.717) is 6.04 Å². The molecule has 1 aromatic rings. The standard InChI is InChI=1S/C15H27N3/c1-7-18(12(2)3)14-9-8-13(10-16-14)11-17-15(4,5)6/h8-10,12,17H,7,11H2,1-6H3. The number of hydrogen-bond acceptors (Lipinski definition) is 3. The first-order chi connectivity index (χ1) is 8.33. The highest BCUT2D eigenvalue weighted by Crippen LogP contribution is 2.14. The van der Waals surface area contributed by atoms with E-state index in [9.17, 15) is 0 Å². The molecule has 0 unspecified atom stereocenters. The molecule has 0 aromatic carbocycles. The van der Waals surface area contributed by atoms with Gasteiger partial charge in [0, 0.05) is 30.9 Å². The average molecular weight is 249 g/mol. The van der Waals surface area contributed by atoms with Crippen molar-refractivity contribution in [3.63, 3.8) is 0 Å². The van der Waals surface area contributed by atoms with Gasteiger partial charge in [-0.3, -0.25) is 0 Å². The smallest absolute Gasteiger partial charge is 0.128 e. The predicted molar refractivity (Wildman–Crippen MR) is 79.0 cm³/mol. The van der Waals surface area contributed by atoms with Crippen molar-refractivity contribution in [1.29, 1.82) is 0 Å². The van der Waals surface area contributed by atoms with Crippen LogP contribution in [0.15, 0.2) is 18.3 Å². The third kappa shape index (κ3) is 4.65. The van der Waals surface area contributed by atoms with Gasteiger partial charge >= 0.3 is 0 Å². The number of rotatable bonds is 5. The van der Waals surface area contributed by atoms with Crippen LogP contribution < -0.4 is 10.2 Å². The van der Waals surface area contributed by atoms with Crippen molar-refractivity contribution in [2.24, 2.45) is 0 Å². The van der Waals surface area contributed by atoms with E-state index in [0.717, 1.165) is 18.9 Å². The Morgan fingerprint density at radius 3 is 2.33 bits per heavy atom. The number of nitrogens with one attached hydrogen (secondary N) is 1. The monoisotopic (exact) mass is 249 g/mol. The first kappa shape index (κ1) is 15.0. The maximum absolute atomic E-state index is 4.56. The van der Waals surface area contributed by atoms with E-state index in [2.05, 4.69) is 68.9 Å². The molecule has 0 radical (unpaired) electrons. The number of aromatic nitrogens is 1. The van der Waals surface area contributed by atoms with Crippen molar-refractivity contribution < 1.29 is 0 Å². The molecule has 1 N–H and O–H groups in total. The lowest BCUT2D eigenvalue weighted by Gasteiger charge is -2.26. The zero-order valence-corrected chi connectivity index (χ0v) is 12.6. The fourth-order valence-electron chi connectivity index (χ4n) is 1.85. The molecule has 102 valence electrons. The predicted octanol–water partition coefficient (Wildman–Crippen LogP) is 3.20. The Balaban J connectivity index is 2.68. The van der Waals surface area contributed by atoms with Crippen molar-refractivity contribution in [2.45, 2.75) is 59.7 Å². The van der Waals surface area contributed by atoms with E-state index >= 15 is 0 Å². The summed E-state index contributed by atoms with van der Waals surface area (Å²) < 4.78 is 0. The minimum Gasteiger partial charge on any atom is -0.354 e. The SMILES string of the molecule is CCN(c1ccc(CNC(C)(C)C)cn1)C(C)C. The highest BCUT2D eigenvalue weighted by Gasteiger charge is 2.11. The zero-order chi connectivity index (χ0) is 13.8. The van der Waals surface area contributed by atoms with Gasteiger partial charge in [0.05, 0.1) is 0 Å². The second-order valence-electron chi connectivity index (χ2n) is 6.01. The Bertz CT molecular complexity index is 349. The lowest BCUT2D eigenvalue weighted by Crippen LogP contribution is -2.35. The Morgan fingerprint density at radius 1 is 1.28 bits per heavy atom. The molecule has 0 aliphatic carbocycles. The van der Waals surface area contributed by atoms with Gasteiger partial charge in [-0.25, -0.2) is 4.98 Å². The number of nitrogens with zero attached hydrogens (tertiary/aromatic N) is 2. The van der Waals surface area contributed by atoms with Crippen LogP contribution >= 0.6 is 0 Å². The molecule has 1 rings (SSSR count). The molecule has 1 heterocycles. The van der Waals surface area contributed by atoms with Crippen molar-refractivity contribution in [3.05, 3.63) is 23.9 Å². The van der Waals surface area contributed by atoms with Crippen LogP contribution in [0.4, 0.5) is 5.82 Å². The molecule has 0 saturated heterocycles. The Kier molecular flexibility index (Phi) is 5.15. The van der Waals surface area contributed by atoms with Crippen molar-refractivity contribution in [1.82, 2.24) is 10.3 Å². The average Bonchev–Trinajstić information content (AvgIpc) is 2.27. The molecular weight excluding hydrogens is 222 g/mol. The molecule has 0 aliphatic heterocycles. The lowest BCUT2D eigenvalue weighted by atomic mass is 10.1. The highest BCUT2D eigenvalue weighted by atomic mass is 15.2. The summed E-state index contributed by atoms with van der Waals surface area (Å²) >= 11 is 0. The van der Waals surface area contributed by atoms with Crippen LogP contribution in [-0.4, -0.2) is 23.1 Å². The molecule has 18 heavy (non-hydrogen) atoms. The molecule has 0 amide bonds. The van der Waals surface area contributed by atoms with Crippen LogP contribution in [0.3, 0.4) is 0 Å². The molecule has 3 nitrogen and oxygen atoms in total. The second-order valence-corrected chi connectivity index (χ2v) is 6.01. The Hall–Kier alpha value is -1.09. The molecule has 0 saturated carbocycles. The second kappa shape index (κ2) is 6.19. The van der Waals surface area contributed by atoms with E-state index in [4.69, 9.17) is 0 Å². The fraction of sp³-hybridized carbons (Fsp3) is 0.667. The van der Waals surface area contributed by atoms with Crippen LogP contribution in [0.1, 0.15) is 47.1 Å². The van der Waals surface area contributed by atoms with Crippen molar-refractivity contribution >= 4 is 5.82 Å². The third-order valence-corrected chi connectivity index (χ3v) is 2.89. The van der Waals surface area contributed by atoms with Crippen LogP contribution in [-0.2, 0) is 6.54 Å². The highest BCUT2D eigenvalue weighted by molar-refractivity contribution is 5.40. The Labute approximate surface area is 112 Å². The van der Waals surface area contributed by atoms with E-state index in [1.54, 1.807) is 0 Å². The first-order valence-corrected chi connectivity index (χ1v) is 6.80. The maximum Gasteiger partial charge on any atom is 0.128 e. The molecule has 0 bridgehead atoms. The van der Waals surface area contributed by atoms with Gasteiger partial charge in [-0.1, -0.05) is 6.07 Å². The van der Waals surface area contributed by atoms with Crippen molar-refractivity contribution in [3.8, 4) is 0 Å². The number of pyridine rings is 1. The van der Waals surface area contributed by atoms with E-state index in [1.165, 1.54) is 5.56 Å². The molecule has 3 heteroatoms. The quantitative estimate of drug-likeness (QED) is 0.868. The van der Waals surface area contributed by atoms with E-state index < -0.39 is 0 Å². The third-order valence-electron chi connectivity index (χ3n) is 2.89. The normalized spacial score (nSPS) is 11.9. The first-order valence-electron chi connectivity index (χ1n) is 6.80. The maximum atomic E-state index is 4.56. The zero-order valence-electron chi connectivity index (χ0n) is 12.6. The largest absolute Gasteiger partial charge is 0.354 e. The van der Waals surface area contributed by atoms with Crippen LogP contribution in [0.25, 0.3) is 0 Å². The number of anilines is 1. The van der Waals surface area contributed by atoms with Crippen LogP contribution in [0.5, 0.6) is 0 Å². The summed E-state index contributed by atoms with van der Waals surface area (Å²) in [6.45, 7) is 14.9. The van der Waals surface area contributed by atoms with Crippen LogP contribution in [0.2, 0.25) is 0 Å². The fourth-order valence-corrected chi connectivity index (χ4v) is 1.85. The molecule has 0 fully saturated rings. The van der Waals surface area contributed by atoms with Gasteiger partial charge in [-0.05, 0) is 53.2 Å². The summed E-state index contributed by atoms with van der Waals surface area (Å²) in [7, 11) is 0. The topological polar surface area (TPSA) is 28.2 Å². The number of hydrogen-bond donors (Lipinski definition) is 1. The van der Waals surface area contributed by atoms with Gasteiger partial charge in [0.1, 0.15) is 5.82 Å². The van der Waals surface area contributed by atoms with E-state index in [1.807, 2.05) is 6.20 Å². The summed E-state index contributed by atoms with van der Waals surface area (Å²) in [6, 6.07) is 4.76. The van der Waals surface area contributed by atoms with Gasteiger partial charge in [0.2, 0.25) is 0 Å². The molecule has 0 spiro atoms. The van der Waals surface area contributed by atoms with Gasteiger partial charge in [0.25, 0.3) is 0 Å². The Morgan fingerprint density at radius 2 is 1.94 bits per heavy atom. The van der Waals surface area contributed by atoms with Gasteiger partial charge in [0.15, 0.2) is 0 Å². The van der Waals surface area contributed by atoms with E-state index in [-0.39, 0.29) is 5.54 Å². The van der Waals surface area contributed by atoms with Crippen LogP contribution in [0, 0.1) is 0 Å². The summed E-state index contributed by atoms with van der Waals surface area (Å²) in [6.07, 6.45) is 1.97. The molecular formula is C15H27N3. The van der Waals surface area contributed by atoms with Crippen molar-refractivity contribution in [2.75, 3.05) is 11.4 Å². The minimum atomic E-state index is 0.145. The molecule has 1 aromatic heterocycles. The molecule has 0 atom stereocenters. The summed E-state index contributed by atoms with van der Waals surface area (Å²) in [5, 5.41) is 3.47. The van der Waals surface area contributed by atoms with Gasteiger partial charge in [-0.2, -0.15) is 0 Å². The lowest BCUT2D eigenvalue weighted by molar-refractivity contribution is 0.424. The summed E-state index contributed by atoms with van der Waals surface area (Å²) in [4.78, 5) is 6.85. The van der Waals surface area contributed by atoms with Gasteiger partial charge in [-0.15, -0.1) is 0 Å². The molecule has 0 aliphatic rings. The minimum absolute atomic E-state index is 0.145. The summed E-state index contributed by atoms with van der Waals surface area (Å²) in [5.41, 5.74) is 1.37.